The lowest BCUT2D eigenvalue weighted by Crippen LogP contribution is -2.24. The molecule has 3 aromatic rings. The summed E-state index contributed by atoms with van der Waals surface area (Å²) in [6, 6.07) is 15.8. The van der Waals surface area contributed by atoms with Gasteiger partial charge in [0, 0.05) is 56.5 Å². The number of H-pyrrole nitrogens is 1. The van der Waals surface area contributed by atoms with Gasteiger partial charge in [-0.15, -0.1) is 0 Å². The van der Waals surface area contributed by atoms with Crippen LogP contribution in [0.5, 0.6) is 0 Å². The van der Waals surface area contributed by atoms with E-state index in [1.807, 2.05) is 30.3 Å². The zero-order valence-electron chi connectivity index (χ0n) is 15.5. The second-order valence-corrected chi connectivity index (χ2v) is 10.0. The van der Waals surface area contributed by atoms with E-state index in [2.05, 4.69) is 22.0 Å². The molecule has 0 radical (unpaired) electrons. The molecule has 2 aliphatic rings. The average molecular weight is 384 g/mol. The molecule has 2 fully saturated rings. The molecule has 2 heterocycles. The molecule has 0 bridgehead atoms. The zero-order valence-corrected chi connectivity index (χ0v) is 16.3. The van der Waals surface area contributed by atoms with Crippen LogP contribution in [0, 0.1) is 11.8 Å². The summed E-state index contributed by atoms with van der Waals surface area (Å²) in [5.74, 6) is 1.62. The third kappa shape index (κ3) is 2.75. The number of nitrogens with zero attached hydrogens (tertiary/aromatic N) is 2. The van der Waals surface area contributed by atoms with Gasteiger partial charge in [0.1, 0.15) is 0 Å². The number of para-hydroxylation sites is 1. The zero-order chi connectivity index (χ0) is 18.8. The van der Waals surface area contributed by atoms with Crippen LogP contribution >= 0.6 is 0 Å². The third-order valence-electron chi connectivity index (χ3n) is 5.89. The van der Waals surface area contributed by atoms with E-state index in [0.717, 1.165) is 52.8 Å². The standard InChI is InChI=1S/C21H23N3O2S.H2/c1-23(2)27(25,26)17-7-8-21(24-12-15-9-16(15)13-24)18(11-17)20-10-14-5-3-4-6-19(14)22-20;/h3-8,10-11,15-16,22H,9,12-13H2,1-2H3;1H. The number of anilines is 1. The number of hydrogen-bond donors (Lipinski definition) is 1. The van der Waals surface area contributed by atoms with E-state index >= 15 is 0 Å². The van der Waals surface area contributed by atoms with Crippen LogP contribution in [0.2, 0.25) is 0 Å². The SMILES string of the molecule is CN(C)S(=O)(=O)c1ccc(N2CC3CC3C2)c(-c2cc3ccccc3[nH]2)c1.[HH]. The van der Waals surface area contributed by atoms with Crippen LogP contribution in [0.1, 0.15) is 7.85 Å². The van der Waals surface area contributed by atoms with E-state index in [1.165, 1.54) is 10.7 Å². The molecular weight excluding hydrogens is 358 g/mol. The quantitative estimate of drug-likeness (QED) is 0.746. The number of nitrogens with one attached hydrogen (secondary N) is 1. The highest BCUT2D eigenvalue weighted by Crippen LogP contribution is 2.48. The van der Waals surface area contributed by atoms with Crippen molar-refractivity contribution in [3.63, 3.8) is 0 Å². The maximum atomic E-state index is 12.7. The van der Waals surface area contributed by atoms with Crippen molar-refractivity contribution in [2.45, 2.75) is 11.3 Å². The highest BCUT2D eigenvalue weighted by molar-refractivity contribution is 7.89. The molecule has 1 saturated heterocycles. The number of sulfonamides is 1. The first-order chi connectivity index (χ1) is 12.9. The molecule has 0 amide bonds. The summed E-state index contributed by atoms with van der Waals surface area (Å²) >= 11 is 0. The normalized spacial score (nSPS) is 21.8. The Morgan fingerprint density at radius 3 is 2.52 bits per heavy atom. The lowest BCUT2D eigenvalue weighted by Gasteiger charge is -2.24. The molecule has 2 unspecified atom stereocenters. The topological polar surface area (TPSA) is 56.4 Å². The van der Waals surface area contributed by atoms with Crippen LogP contribution in [0.4, 0.5) is 5.69 Å². The molecule has 2 aromatic carbocycles. The van der Waals surface area contributed by atoms with Crippen molar-refractivity contribution in [3.8, 4) is 11.3 Å². The van der Waals surface area contributed by atoms with Crippen LogP contribution in [-0.2, 0) is 10.0 Å². The van der Waals surface area contributed by atoms with Crippen LogP contribution in [0.25, 0.3) is 22.2 Å². The average Bonchev–Trinajstić information content (AvgIpc) is 3.07. The smallest absolute Gasteiger partial charge is 0.242 e. The second-order valence-electron chi connectivity index (χ2n) is 7.90. The molecule has 1 N–H and O–H groups in total. The summed E-state index contributed by atoms with van der Waals surface area (Å²) in [5.41, 5.74) is 4.09. The van der Waals surface area contributed by atoms with Crippen LogP contribution in [0.15, 0.2) is 53.4 Å². The summed E-state index contributed by atoms with van der Waals surface area (Å²) in [6.45, 7) is 2.13. The molecule has 1 saturated carbocycles. The predicted molar refractivity (Wildman–Crippen MR) is 111 cm³/mol. The Kier molecular flexibility index (Phi) is 3.64. The fraction of sp³-hybridized carbons (Fsp3) is 0.333. The Morgan fingerprint density at radius 1 is 1.07 bits per heavy atom. The van der Waals surface area contributed by atoms with Crippen molar-refractivity contribution in [1.29, 1.82) is 0 Å². The fourth-order valence-electron chi connectivity index (χ4n) is 4.19. The van der Waals surface area contributed by atoms with Gasteiger partial charge >= 0.3 is 0 Å². The highest BCUT2D eigenvalue weighted by Gasteiger charge is 2.45. The number of benzene rings is 2. The van der Waals surface area contributed by atoms with Crippen molar-refractivity contribution in [2.75, 3.05) is 32.1 Å². The maximum Gasteiger partial charge on any atom is 0.242 e. The van der Waals surface area contributed by atoms with E-state index in [-0.39, 0.29) is 1.43 Å². The third-order valence-corrected chi connectivity index (χ3v) is 7.70. The van der Waals surface area contributed by atoms with Gasteiger partial charge in [-0.05, 0) is 48.6 Å². The lowest BCUT2D eigenvalue weighted by atomic mass is 10.1. The van der Waals surface area contributed by atoms with Gasteiger partial charge in [0.05, 0.1) is 4.90 Å². The van der Waals surface area contributed by atoms with Crippen molar-refractivity contribution >= 4 is 26.6 Å². The number of rotatable bonds is 4. The van der Waals surface area contributed by atoms with Gasteiger partial charge in [0.15, 0.2) is 0 Å². The van der Waals surface area contributed by atoms with Crippen molar-refractivity contribution in [2.24, 2.45) is 11.8 Å². The molecule has 5 nitrogen and oxygen atoms in total. The Morgan fingerprint density at radius 2 is 1.81 bits per heavy atom. The number of aromatic nitrogens is 1. The van der Waals surface area contributed by atoms with Gasteiger partial charge in [-0.2, -0.15) is 0 Å². The summed E-state index contributed by atoms with van der Waals surface area (Å²) in [6.07, 6.45) is 1.34. The van der Waals surface area contributed by atoms with E-state index < -0.39 is 10.0 Å². The molecule has 1 aliphatic carbocycles. The summed E-state index contributed by atoms with van der Waals surface area (Å²) < 4.78 is 26.6. The first-order valence-electron chi connectivity index (χ1n) is 9.33. The lowest BCUT2D eigenvalue weighted by molar-refractivity contribution is 0.521. The second kappa shape index (κ2) is 5.84. The molecular formula is C21H25N3O2S. The monoisotopic (exact) mass is 383 g/mol. The Bertz CT molecular complexity index is 1100. The largest absolute Gasteiger partial charge is 0.370 e. The summed E-state index contributed by atoms with van der Waals surface area (Å²) in [4.78, 5) is 6.21. The fourth-order valence-corrected chi connectivity index (χ4v) is 5.12. The molecule has 27 heavy (non-hydrogen) atoms. The molecule has 1 aliphatic heterocycles. The molecule has 142 valence electrons. The van der Waals surface area contributed by atoms with Crippen LogP contribution < -0.4 is 4.90 Å². The molecule has 6 heteroatoms. The number of fused-ring (bicyclic) bond motifs is 2. The maximum absolute atomic E-state index is 12.7. The first kappa shape index (κ1) is 16.8. The number of piperidine rings is 1. The number of aromatic amines is 1. The highest BCUT2D eigenvalue weighted by atomic mass is 32.2. The van der Waals surface area contributed by atoms with Crippen LogP contribution in [-0.4, -0.2) is 44.9 Å². The first-order valence-corrected chi connectivity index (χ1v) is 10.8. The minimum Gasteiger partial charge on any atom is -0.370 e. The Hall–Kier alpha value is -2.31. The molecule has 2 atom stereocenters. The Labute approximate surface area is 161 Å². The minimum absolute atomic E-state index is 0. The van der Waals surface area contributed by atoms with Crippen molar-refractivity contribution < 1.29 is 9.84 Å². The Balaban J connectivity index is 0.00000192. The molecule has 0 spiro atoms. The van der Waals surface area contributed by atoms with Gasteiger partial charge in [-0.3, -0.25) is 0 Å². The van der Waals surface area contributed by atoms with Gasteiger partial charge in [0.25, 0.3) is 0 Å². The van der Waals surface area contributed by atoms with Gasteiger partial charge in [-0.25, -0.2) is 12.7 Å². The minimum atomic E-state index is -3.48. The van der Waals surface area contributed by atoms with Crippen molar-refractivity contribution in [1.82, 2.24) is 9.29 Å². The predicted octanol–water partition coefficient (Wildman–Crippen LogP) is 3.79. The molecule has 5 rings (SSSR count). The van der Waals surface area contributed by atoms with Crippen molar-refractivity contribution in [3.05, 3.63) is 48.5 Å². The van der Waals surface area contributed by atoms with Crippen LogP contribution in [0.3, 0.4) is 0 Å². The summed E-state index contributed by atoms with van der Waals surface area (Å²) in [7, 11) is -0.340. The number of hydrogen-bond acceptors (Lipinski definition) is 3. The van der Waals surface area contributed by atoms with E-state index in [0.29, 0.717) is 4.90 Å². The van der Waals surface area contributed by atoms with Gasteiger partial charge < -0.3 is 9.88 Å². The van der Waals surface area contributed by atoms with Gasteiger partial charge in [0.2, 0.25) is 10.0 Å². The summed E-state index contributed by atoms with van der Waals surface area (Å²) in [5, 5.41) is 1.13. The van der Waals surface area contributed by atoms with E-state index in [1.54, 1.807) is 20.2 Å². The van der Waals surface area contributed by atoms with Gasteiger partial charge in [-0.1, -0.05) is 18.2 Å². The molecule has 1 aromatic heterocycles. The van der Waals surface area contributed by atoms with E-state index in [4.69, 9.17) is 0 Å². The van der Waals surface area contributed by atoms with E-state index in [9.17, 15) is 8.42 Å².